The van der Waals surface area contributed by atoms with Gasteiger partial charge in [0.25, 0.3) is 0 Å². The Kier molecular flexibility index (Phi) is 6.97. The van der Waals surface area contributed by atoms with Crippen LogP contribution in [0.4, 0.5) is 4.79 Å². The van der Waals surface area contributed by atoms with Crippen LogP contribution in [0.15, 0.2) is 29.3 Å². The Morgan fingerprint density at radius 1 is 1.18 bits per heavy atom. The number of carbonyl (C=O) groups is 2. The summed E-state index contributed by atoms with van der Waals surface area (Å²) in [5.41, 5.74) is 1.27. The van der Waals surface area contributed by atoms with Gasteiger partial charge in [-0.2, -0.15) is 0 Å². The Hall–Kier alpha value is -2.66. The third-order valence-corrected chi connectivity index (χ3v) is 5.16. The number of benzene rings is 1. The second-order valence-corrected chi connectivity index (χ2v) is 8.66. The molecule has 1 aliphatic rings. The highest BCUT2D eigenvalue weighted by molar-refractivity contribution is 5.89. The molecule has 2 amide bonds. The number of amides is 2. The number of aliphatic imine (C=N–C) groups is 1. The monoisotopic (exact) mass is 387 g/mol. The van der Waals surface area contributed by atoms with Crippen molar-refractivity contribution in [3.05, 3.63) is 35.4 Å². The summed E-state index contributed by atoms with van der Waals surface area (Å²) >= 11 is 0. The number of hydrogen-bond acceptors (Lipinski definition) is 5. The van der Waals surface area contributed by atoms with Gasteiger partial charge in [0.05, 0.1) is 18.7 Å². The lowest BCUT2D eigenvalue weighted by molar-refractivity contribution is 0.0600. The number of methoxy groups -OCH3 is 1. The highest BCUT2D eigenvalue weighted by Crippen LogP contribution is 2.46. The van der Waals surface area contributed by atoms with Gasteiger partial charge in [-0.1, -0.05) is 32.9 Å². The van der Waals surface area contributed by atoms with E-state index in [0.29, 0.717) is 18.7 Å². The summed E-state index contributed by atoms with van der Waals surface area (Å²) in [7, 11) is 1.34. The van der Waals surface area contributed by atoms with Crippen LogP contribution in [-0.2, 0) is 16.1 Å². The summed E-state index contributed by atoms with van der Waals surface area (Å²) in [5.74, 6) is -0.391. The minimum atomic E-state index is -0.391. The maximum Gasteiger partial charge on any atom is 0.337 e. The van der Waals surface area contributed by atoms with Crippen LogP contribution in [0.5, 0.6) is 0 Å². The fourth-order valence-electron chi connectivity index (χ4n) is 4.29. The van der Waals surface area contributed by atoms with Crippen molar-refractivity contribution >= 4 is 18.1 Å². The van der Waals surface area contributed by atoms with Crippen molar-refractivity contribution in [2.75, 3.05) is 13.7 Å². The molecule has 0 aliphatic heterocycles. The number of hydrogen-bond donors (Lipinski definition) is 2. The van der Waals surface area contributed by atoms with Gasteiger partial charge in [-0.15, -0.1) is 0 Å². The Labute approximate surface area is 165 Å². The fourth-order valence-corrected chi connectivity index (χ4v) is 4.29. The first-order chi connectivity index (χ1) is 13.2. The van der Waals surface area contributed by atoms with Gasteiger partial charge in [0.15, 0.2) is 0 Å². The van der Waals surface area contributed by atoms with Gasteiger partial charge in [0, 0.05) is 13.1 Å². The molecular weight excluding hydrogens is 358 g/mol. The molecule has 1 saturated carbocycles. The predicted molar refractivity (Wildman–Crippen MR) is 106 cm³/mol. The zero-order chi connectivity index (χ0) is 20.8. The largest absolute Gasteiger partial charge is 0.465 e. The van der Waals surface area contributed by atoms with E-state index in [4.69, 9.17) is 0 Å². The summed E-state index contributed by atoms with van der Waals surface area (Å²) in [4.78, 5) is 38.2. The van der Waals surface area contributed by atoms with Crippen molar-refractivity contribution in [3.8, 4) is 0 Å². The van der Waals surface area contributed by atoms with E-state index in [-0.39, 0.29) is 22.9 Å². The molecule has 1 aliphatic carbocycles. The number of ether oxygens (including phenoxy) is 1. The molecule has 1 fully saturated rings. The lowest BCUT2D eigenvalue weighted by Gasteiger charge is -2.45. The predicted octanol–water partition coefficient (Wildman–Crippen LogP) is 3.19. The molecular formula is C21H29N3O4. The number of nitrogens with zero attached hydrogens (tertiary/aromatic N) is 1. The molecule has 2 unspecified atom stereocenters. The average molecular weight is 387 g/mol. The van der Waals surface area contributed by atoms with E-state index in [1.54, 1.807) is 30.3 Å². The normalized spacial score (nSPS) is 23.2. The molecule has 7 heteroatoms. The van der Waals surface area contributed by atoms with Crippen LogP contribution >= 0.6 is 0 Å². The first-order valence-electron chi connectivity index (χ1n) is 9.42. The van der Waals surface area contributed by atoms with Crippen LogP contribution < -0.4 is 10.6 Å². The SMILES string of the molecule is COC(=O)c1ccc(CNC(=O)NCC2(C)CC(N=C=O)CC(C)(C)C2)cc1. The molecule has 0 radical (unpaired) electrons. The highest BCUT2D eigenvalue weighted by atomic mass is 16.5. The quantitative estimate of drug-likeness (QED) is 0.445. The molecule has 152 valence electrons. The van der Waals surface area contributed by atoms with Gasteiger partial charge in [-0.3, -0.25) is 0 Å². The van der Waals surface area contributed by atoms with Gasteiger partial charge >= 0.3 is 12.0 Å². The fraction of sp³-hybridized carbons (Fsp3) is 0.571. The zero-order valence-electron chi connectivity index (χ0n) is 17.0. The molecule has 0 aromatic heterocycles. The molecule has 7 nitrogen and oxygen atoms in total. The number of carbonyl (C=O) groups excluding carboxylic acids is 3. The second kappa shape index (κ2) is 9.02. The van der Waals surface area contributed by atoms with Crippen molar-refractivity contribution in [2.45, 2.75) is 52.6 Å². The molecule has 2 rings (SSSR count). The van der Waals surface area contributed by atoms with E-state index in [9.17, 15) is 14.4 Å². The van der Waals surface area contributed by atoms with E-state index in [1.165, 1.54) is 7.11 Å². The maximum atomic E-state index is 12.2. The molecule has 0 saturated heterocycles. The first kappa shape index (κ1) is 21.6. The van der Waals surface area contributed by atoms with Crippen LogP contribution in [-0.4, -0.2) is 37.8 Å². The van der Waals surface area contributed by atoms with Crippen molar-refractivity contribution in [1.82, 2.24) is 10.6 Å². The summed E-state index contributed by atoms with van der Waals surface area (Å²) in [6.45, 7) is 7.31. The van der Waals surface area contributed by atoms with Gasteiger partial charge in [0.1, 0.15) is 0 Å². The van der Waals surface area contributed by atoms with Crippen LogP contribution in [0, 0.1) is 10.8 Å². The van der Waals surface area contributed by atoms with E-state index in [0.717, 1.165) is 24.8 Å². The van der Waals surface area contributed by atoms with Crippen molar-refractivity contribution in [3.63, 3.8) is 0 Å². The maximum absolute atomic E-state index is 12.2. The summed E-state index contributed by atoms with van der Waals surface area (Å²) in [5, 5.41) is 5.76. The lowest BCUT2D eigenvalue weighted by Crippen LogP contribution is -2.46. The average Bonchev–Trinajstić information content (AvgIpc) is 2.63. The summed E-state index contributed by atoms with van der Waals surface area (Å²) in [6.07, 6.45) is 4.23. The Morgan fingerprint density at radius 3 is 2.46 bits per heavy atom. The molecule has 0 bridgehead atoms. The Bertz CT molecular complexity index is 753. The molecule has 1 aromatic carbocycles. The van der Waals surface area contributed by atoms with Crippen molar-refractivity contribution in [2.24, 2.45) is 15.8 Å². The number of rotatable bonds is 6. The number of esters is 1. The van der Waals surface area contributed by atoms with E-state index in [1.807, 2.05) is 0 Å². The van der Waals surface area contributed by atoms with Crippen molar-refractivity contribution in [1.29, 1.82) is 0 Å². The van der Waals surface area contributed by atoms with E-state index in [2.05, 4.69) is 41.1 Å². The Morgan fingerprint density at radius 2 is 1.86 bits per heavy atom. The first-order valence-corrected chi connectivity index (χ1v) is 9.42. The van der Waals surface area contributed by atoms with Crippen LogP contribution in [0.25, 0.3) is 0 Å². The molecule has 0 spiro atoms. The molecule has 28 heavy (non-hydrogen) atoms. The van der Waals surface area contributed by atoms with Crippen molar-refractivity contribution < 1.29 is 19.1 Å². The minimum absolute atomic E-state index is 0.0514. The van der Waals surface area contributed by atoms with Gasteiger partial charge in [0.2, 0.25) is 6.08 Å². The van der Waals surface area contributed by atoms with E-state index >= 15 is 0 Å². The highest BCUT2D eigenvalue weighted by Gasteiger charge is 2.41. The summed E-state index contributed by atoms with van der Waals surface area (Å²) in [6, 6.07) is 6.58. The van der Waals surface area contributed by atoms with E-state index < -0.39 is 5.97 Å². The molecule has 2 N–H and O–H groups in total. The third-order valence-electron chi connectivity index (χ3n) is 5.16. The Balaban J connectivity index is 1.85. The van der Waals surface area contributed by atoms with Crippen LogP contribution in [0.1, 0.15) is 56.0 Å². The zero-order valence-corrected chi connectivity index (χ0v) is 17.0. The van der Waals surface area contributed by atoms with Crippen LogP contribution in [0.3, 0.4) is 0 Å². The minimum Gasteiger partial charge on any atom is -0.465 e. The second-order valence-electron chi connectivity index (χ2n) is 8.66. The molecule has 0 heterocycles. The third kappa shape index (κ3) is 6.20. The van der Waals surface area contributed by atoms with Gasteiger partial charge in [-0.25, -0.2) is 19.4 Å². The van der Waals surface area contributed by atoms with Gasteiger partial charge in [-0.05, 0) is 47.8 Å². The van der Waals surface area contributed by atoms with Crippen LogP contribution in [0.2, 0.25) is 0 Å². The number of urea groups is 1. The molecule has 1 aromatic rings. The topological polar surface area (TPSA) is 96.9 Å². The van der Waals surface area contributed by atoms with Gasteiger partial charge < -0.3 is 15.4 Å². The molecule has 2 atom stereocenters. The summed E-state index contributed by atoms with van der Waals surface area (Å²) < 4.78 is 4.66. The smallest absolute Gasteiger partial charge is 0.337 e. The standard InChI is InChI=1S/C21H29N3O4/c1-20(2)9-17(24-14-25)10-21(3,12-20)13-23-19(27)22-11-15-5-7-16(8-6-15)18(26)28-4/h5-8,17H,9-13H2,1-4H3,(H2,22,23,27). The number of isocyanates is 1. The lowest BCUT2D eigenvalue weighted by atomic mass is 9.63. The number of nitrogens with one attached hydrogen (secondary N) is 2.